The summed E-state index contributed by atoms with van der Waals surface area (Å²) in [5, 5.41) is 11.3. The SMILES string of the molecule is CCN1C(=O)N(CC(O)CN2CCN(c3ccccc3)CC2)C(c2ccccc2)(c2ccccc2)C1=O. The molecule has 1 unspecified atom stereocenters. The zero-order chi connectivity index (χ0) is 25.8. The summed E-state index contributed by atoms with van der Waals surface area (Å²) in [6.45, 7) is 5.97. The van der Waals surface area contributed by atoms with Crippen LogP contribution < -0.4 is 4.90 Å². The van der Waals surface area contributed by atoms with Gasteiger partial charge in [0.25, 0.3) is 5.91 Å². The second-order valence-electron chi connectivity index (χ2n) is 9.66. The molecule has 0 aromatic heterocycles. The molecule has 3 aromatic rings. The molecule has 2 saturated heterocycles. The molecule has 7 heteroatoms. The molecule has 192 valence electrons. The maximum Gasteiger partial charge on any atom is 0.328 e. The third-order valence-electron chi connectivity index (χ3n) is 7.48. The first kappa shape index (κ1) is 25.0. The van der Waals surface area contributed by atoms with Gasteiger partial charge < -0.3 is 10.0 Å². The summed E-state index contributed by atoms with van der Waals surface area (Å²) in [4.78, 5) is 35.1. The molecule has 0 spiro atoms. The molecule has 1 N–H and O–H groups in total. The molecule has 1 atom stereocenters. The Morgan fingerprint density at radius 2 is 1.27 bits per heavy atom. The number of carbonyl (C=O) groups excluding carboxylic acids is 2. The number of piperazine rings is 1. The molecular weight excluding hydrogens is 464 g/mol. The Bertz CT molecular complexity index is 1160. The van der Waals surface area contributed by atoms with Crippen molar-refractivity contribution in [3.05, 3.63) is 102 Å². The summed E-state index contributed by atoms with van der Waals surface area (Å²) in [6, 6.07) is 28.9. The average Bonchev–Trinajstić information content (AvgIpc) is 3.16. The van der Waals surface area contributed by atoms with Crippen LogP contribution >= 0.6 is 0 Å². The molecule has 2 aliphatic rings. The van der Waals surface area contributed by atoms with E-state index in [-0.39, 0.29) is 25.0 Å². The first-order chi connectivity index (χ1) is 18.1. The highest BCUT2D eigenvalue weighted by atomic mass is 16.3. The molecule has 7 nitrogen and oxygen atoms in total. The van der Waals surface area contributed by atoms with Gasteiger partial charge in [0.15, 0.2) is 5.54 Å². The van der Waals surface area contributed by atoms with Crippen molar-refractivity contribution >= 4 is 17.6 Å². The third kappa shape index (κ3) is 4.61. The minimum Gasteiger partial charge on any atom is -0.390 e. The van der Waals surface area contributed by atoms with Gasteiger partial charge in [0.2, 0.25) is 0 Å². The van der Waals surface area contributed by atoms with Crippen molar-refractivity contribution in [1.29, 1.82) is 0 Å². The number of para-hydroxylation sites is 1. The van der Waals surface area contributed by atoms with Crippen molar-refractivity contribution < 1.29 is 14.7 Å². The number of imide groups is 1. The van der Waals surface area contributed by atoms with Crippen LogP contribution in [0.1, 0.15) is 18.1 Å². The van der Waals surface area contributed by atoms with Crippen LogP contribution in [-0.4, -0.2) is 83.7 Å². The molecule has 3 aromatic carbocycles. The number of amides is 3. The normalized spacial score (nSPS) is 18.9. The van der Waals surface area contributed by atoms with Crippen LogP contribution in [-0.2, 0) is 10.3 Å². The summed E-state index contributed by atoms with van der Waals surface area (Å²) < 4.78 is 0. The first-order valence-corrected chi connectivity index (χ1v) is 13.0. The molecule has 5 rings (SSSR count). The number of hydrogen-bond acceptors (Lipinski definition) is 5. The highest BCUT2D eigenvalue weighted by Crippen LogP contribution is 2.43. The van der Waals surface area contributed by atoms with E-state index in [4.69, 9.17) is 0 Å². The van der Waals surface area contributed by atoms with Gasteiger partial charge in [0, 0.05) is 45.0 Å². The van der Waals surface area contributed by atoms with Gasteiger partial charge in [-0.05, 0) is 30.2 Å². The number of β-amino-alcohol motifs (C(OH)–C–C–N with tert-alkyl or cyclic N) is 1. The van der Waals surface area contributed by atoms with E-state index in [0.29, 0.717) is 6.54 Å². The van der Waals surface area contributed by atoms with Crippen molar-refractivity contribution in [2.75, 3.05) is 50.7 Å². The van der Waals surface area contributed by atoms with E-state index in [0.717, 1.165) is 37.3 Å². The summed E-state index contributed by atoms with van der Waals surface area (Å²) in [6.07, 6.45) is -0.802. The lowest BCUT2D eigenvalue weighted by Gasteiger charge is -2.39. The number of rotatable bonds is 8. The summed E-state index contributed by atoms with van der Waals surface area (Å²) in [7, 11) is 0. The number of urea groups is 1. The summed E-state index contributed by atoms with van der Waals surface area (Å²) in [5.74, 6) is -0.277. The lowest BCUT2D eigenvalue weighted by Crippen LogP contribution is -2.53. The predicted octanol–water partition coefficient (Wildman–Crippen LogP) is 3.40. The molecule has 0 radical (unpaired) electrons. The van der Waals surface area contributed by atoms with Crippen molar-refractivity contribution in [3.8, 4) is 0 Å². The highest BCUT2D eigenvalue weighted by Gasteiger charge is 2.59. The smallest absolute Gasteiger partial charge is 0.328 e. The Kier molecular flexibility index (Phi) is 7.26. The van der Waals surface area contributed by atoms with Gasteiger partial charge in [-0.2, -0.15) is 0 Å². The number of likely N-dealkylation sites (N-methyl/N-ethyl adjacent to an activating group) is 1. The van der Waals surface area contributed by atoms with Crippen LogP contribution in [0.15, 0.2) is 91.0 Å². The lowest BCUT2D eigenvalue weighted by atomic mass is 9.81. The van der Waals surface area contributed by atoms with E-state index >= 15 is 0 Å². The minimum absolute atomic E-state index is 0.0593. The molecule has 3 amide bonds. The molecule has 0 saturated carbocycles. The standard InChI is InChI=1S/C30H34N4O3/c1-2-33-28(36)30(24-12-6-3-7-13-24,25-14-8-4-9-15-25)34(29(33)37)23-27(35)22-31-18-20-32(21-19-31)26-16-10-5-11-17-26/h3-17,27,35H,2,18-23H2,1H3. The largest absolute Gasteiger partial charge is 0.390 e. The molecular formula is C30H34N4O3. The van der Waals surface area contributed by atoms with Gasteiger partial charge in [0.05, 0.1) is 12.6 Å². The molecule has 0 bridgehead atoms. The number of benzene rings is 3. The summed E-state index contributed by atoms with van der Waals surface area (Å²) >= 11 is 0. The van der Waals surface area contributed by atoms with Gasteiger partial charge in [-0.25, -0.2) is 4.79 Å². The topological polar surface area (TPSA) is 67.3 Å². The highest BCUT2D eigenvalue weighted by molar-refractivity contribution is 6.09. The number of anilines is 1. The quantitative estimate of drug-likeness (QED) is 0.483. The Balaban J connectivity index is 1.38. The minimum atomic E-state index is -1.32. The number of hydrogen-bond donors (Lipinski definition) is 1. The maximum atomic E-state index is 14.0. The van der Waals surface area contributed by atoms with E-state index in [1.807, 2.05) is 85.8 Å². The molecule has 0 aliphatic carbocycles. The van der Waals surface area contributed by atoms with Crippen molar-refractivity contribution in [1.82, 2.24) is 14.7 Å². The van der Waals surface area contributed by atoms with Crippen LogP contribution in [0, 0.1) is 0 Å². The van der Waals surface area contributed by atoms with Crippen LogP contribution in [0.5, 0.6) is 0 Å². The van der Waals surface area contributed by atoms with Gasteiger partial charge >= 0.3 is 6.03 Å². The Labute approximate surface area is 218 Å². The van der Waals surface area contributed by atoms with E-state index in [1.165, 1.54) is 10.6 Å². The first-order valence-electron chi connectivity index (χ1n) is 13.0. The number of nitrogens with zero attached hydrogens (tertiary/aromatic N) is 4. The molecule has 2 heterocycles. The van der Waals surface area contributed by atoms with Gasteiger partial charge in [0.1, 0.15) is 0 Å². The Morgan fingerprint density at radius 3 is 1.78 bits per heavy atom. The lowest BCUT2D eigenvalue weighted by molar-refractivity contribution is -0.132. The fourth-order valence-electron chi connectivity index (χ4n) is 5.66. The second kappa shape index (κ2) is 10.7. The second-order valence-corrected chi connectivity index (χ2v) is 9.66. The van der Waals surface area contributed by atoms with E-state index in [2.05, 4.69) is 21.9 Å². The Hall–Kier alpha value is -3.68. The number of carbonyl (C=O) groups is 2. The zero-order valence-corrected chi connectivity index (χ0v) is 21.2. The average molecular weight is 499 g/mol. The molecule has 2 aliphatic heterocycles. The van der Waals surface area contributed by atoms with Gasteiger partial charge in [-0.15, -0.1) is 0 Å². The van der Waals surface area contributed by atoms with Crippen molar-refractivity contribution in [3.63, 3.8) is 0 Å². The Morgan fingerprint density at radius 1 is 0.757 bits per heavy atom. The van der Waals surface area contributed by atoms with Crippen LogP contribution in [0.4, 0.5) is 10.5 Å². The van der Waals surface area contributed by atoms with Crippen molar-refractivity contribution in [2.24, 2.45) is 0 Å². The van der Waals surface area contributed by atoms with E-state index in [1.54, 1.807) is 4.90 Å². The van der Waals surface area contributed by atoms with E-state index in [9.17, 15) is 14.7 Å². The number of aliphatic hydroxyl groups excluding tert-OH is 1. The van der Waals surface area contributed by atoms with E-state index < -0.39 is 11.6 Å². The van der Waals surface area contributed by atoms with Crippen molar-refractivity contribution in [2.45, 2.75) is 18.6 Å². The van der Waals surface area contributed by atoms with Crippen LogP contribution in [0.25, 0.3) is 0 Å². The van der Waals surface area contributed by atoms with Crippen LogP contribution in [0.2, 0.25) is 0 Å². The molecule has 37 heavy (non-hydrogen) atoms. The third-order valence-corrected chi connectivity index (χ3v) is 7.48. The molecule has 2 fully saturated rings. The summed E-state index contributed by atoms with van der Waals surface area (Å²) in [5.41, 5.74) is 1.33. The fraction of sp³-hybridized carbons (Fsp3) is 0.333. The predicted molar refractivity (Wildman–Crippen MR) is 144 cm³/mol. The fourth-order valence-corrected chi connectivity index (χ4v) is 5.66. The van der Waals surface area contributed by atoms with Gasteiger partial charge in [-0.1, -0.05) is 78.9 Å². The van der Waals surface area contributed by atoms with Crippen LogP contribution in [0.3, 0.4) is 0 Å². The van der Waals surface area contributed by atoms with Gasteiger partial charge in [-0.3, -0.25) is 19.5 Å². The number of aliphatic hydroxyl groups is 1. The zero-order valence-electron chi connectivity index (χ0n) is 21.2. The monoisotopic (exact) mass is 498 g/mol. The maximum absolute atomic E-state index is 14.0.